The fourth-order valence-electron chi connectivity index (χ4n) is 1.70. The first kappa shape index (κ1) is 12.3. The van der Waals surface area contributed by atoms with Crippen molar-refractivity contribution in [3.63, 3.8) is 0 Å². The molecular formula is C11H12BrNO4. The number of carbonyl (C=O) groups excluding carboxylic acids is 1. The number of aldehydes is 1. The van der Waals surface area contributed by atoms with Gasteiger partial charge >= 0.3 is 0 Å². The number of aliphatic hydroxyl groups is 1. The fourth-order valence-corrected chi connectivity index (χ4v) is 2.23. The highest BCUT2D eigenvalue weighted by Crippen LogP contribution is 2.42. The predicted molar refractivity (Wildman–Crippen MR) is 64.5 cm³/mol. The Hall–Kier alpha value is -1.11. The van der Waals surface area contributed by atoms with Gasteiger partial charge in [0.15, 0.2) is 17.8 Å². The normalized spacial score (nSPS) is 15.5. The molecule has 0 saturated carbocycles. The van der Waals surface area contributed by atoms with E-state index >= 15 is 0 Å². The molecule has 1 atom stereocenters. The van der Waals surface area contributed by atoms with Crippen molar-refractivity contribution in [3.05, 3.63) is 21.7 Å². The lowest BCUT2D eigenvalue weighted by molar-refractivity contribution is 0.111. The number of hydrogen-bond donors (Lipinski definition) is 2. The summed E-state index contributed by atoms with van der Waals surface area (Å²) in [5, 5.41) is 9.10. The second-order valence-electron chi connectivity index (χ2n) is 3.62. The van der Waals surface area contributed by atoms with Crippen LogP contribution >= 0.6 is 15.9 Å². The smallest absolute Gasteiger partial charge is 0.173 e. The van der Waals surface area contributed by atoms with Crippen molar-refractivity contribution in [3.8, 4) is 11.5 Å². The maximum Gasteiger partial charge on any atom is 0.173 e. The molecule has 0 radical (unpaired) electrons. The molecule has 5 nitrogen and oxygen atoms in total. The first-order valence-corrected chi connectivity index (χ1v) is 5.92. The Kier molecular flexibility index (Phi) is 3.66. The summed E-state index contributed by atoms with van der Waals surface area (Å²) in [6.45, 7) is 0.582. The van der Waals surface area contributed by atoms with Gasteiger partial charge in [0.05, 0.1) is 18.2 Å². The molecule has 0 amide bonds. The van der Waals surface area contributed by atoms with Crippen molar-refractivity contribution < 1.29 is 19.4 Å². The molecule has 6 heteroatoms. The Balaban J connectivity index is 2.62. The van der Waals surface area contributed by atoms with E-state index in [1.165, 1.54) is 0 Å². The number of ether oxygens (including phenoxy) is 2. The van der Waals surface area contributed by atoms with E-state index in [0.717, 1.165) is 0 Å². The Morgan fingerprint density at radius 2 is 2.12 bits per heavy atom. The Morgan fingerprint density at radius 1 is 1.47 bits per heavy atom. The Bertz CT molecular complexity index is 450. The number of fused-ring (bicyclic) bond motifs is 1. The van der Waals surface area contributed by atoms with Crippen molar-refractivity contribution in [2.24, 2.45) is 5.73 Å². The summed E-state index contributed by atoms with van der Waals surface area (Å²) in [4.78, 5) is 11.0. The minimum Gasteiger partial charge on any atom is -0.486 e. The van der Waals surface area contributed by atoms with Crippen molar-refractivity contribution in [1.29, 1.82) is 0 Å². The predicted octanol–water partition coefficient (Wildman–Crippen LogP) is 1.02. The van der Waals surface area contributed by atoms with E-state index < -0.39 is 6.04 Å². The van der Waals surface area contributed by atoms with Gasteiger partial charge in [-0.05, 0) is 22.0 Å². The number of nitrogens with two attached hydrogens (primary N) is 1. The maximum atomic E-state index is 11.0. The fraction of sp³-hybridized carbons (Fsp3) is 0.364. The minimum atomic E-state index is -0.567. The van der Waals surface area contributed by atoms with Gasteiger partial charge in [0, 0.05) is 10.0 Å². The number of aliphatic hydroxyl groups excluding tert-OH is 1. The van der Waals surface area contributed by atoms with E-state index in [-0.39, 0.29) is 6.61 Å². The van der Waals surface area contributed by atoms with Gasteiger partial charge in [-0.15, -0.1) is 0 Å². The molecule has 0 bridgehead atoms. The van der Waals surface area contributed by atoms with E-state index in [1.54, 1.807) is 6.07 Å². The molecule has 0 aliphatic carbocycles. The van der Waals surface area contributed by atoms with Gasteiger partial charge in [-0.3, -0.25) is 4.79 Å². The van der Waals surface area contributed by atoms with Crippen LogP contribution in [0.5, 0.6) is 11.5 Å². The third-order valence-electron chi connectivity index (χ3n) is 2.54. The molecular weight excluding hydrogens is 290 g/mol. The van der Waals surface area contributed by atoms with Gasteiger partial charge in [0.2, 0.25) is 0 Å². The maximum absolute atomic E-state index is 11.0. The zero-order chi connectivity index (χ0) is 12.4. The lowest BCUT2D eigenvalue weighted by Gasteiger charge is -2.24. The quantitative estimate of drug-likeness (QED) is 0.815. The highest BCUT2D eigenvalue weighted by atomic mass is 79.9. The van der Waals surface area contributed by atoms with Gasteiger partial charge in [-0.2, -0.15) is 0 Å². The molecule has 0 fully saturated rings. The molecule has 0 saturated heterocycles. The van der Waals surface area contributed by atoms with E-state index in [0.29, 0.717) is 46.6 Å². The average molecular weight is 302 g/mol. The lowest BCUT2D eigenvalue weighted by atomic mass is 10.0. The molecule has 17 heavy (non-hydrogen) atoms. The Labute approximate surface area is 107 Å². The summed E-state index contributed by atoms with van der Waals surface area (Å²) >= 11 is 3.28. The monoisotopic (exact) mass is 301 g/mol. The molecule has 1 heterocycles. The third-order valence-corrected chi connectivity index (χ3v) is 3.20. The highest BCUT2D eigenvalue weighted by Gasteiger charge is 2.25. The largest absolute Gasteiger partial charge is 0.486 e. The van der Waals surface area contributed by atoms with Crippen molar-refractivity contribution >= 4 is 22.2 Å². The average Bonchev–Trinajstić information content (AvgIpc) is 2.37. The summed E-state index contributed by atoms with van der Waals surface area (Å²) in [6.07, 6.45) is 0.700. The molecule has 2 rings (SSSR count). The van der Waals surface area contributed by atoms with Crippen molar-refractivity contribution in [2.75, 3.05) is 19.8 Å². The van der Waals surface area contributed by atoms with E-state index in [9.17, 15) is 4.79 Å². The molecule has 0 aromatic heterocycles. The van der Waals surface area contributed by atoms with Gasteiger partial charge in [0.1, 0.15) is 13.2 Å². The van der Waals surface area contributed by atoms with Crippen LogP contribution in [-0.4, -0.2) is 31.2 Å². The summed E-state index contributed by atoms with van der Waals surface area (Å²) in [7, 11) is 0. The number of halogens is 1. The van der Waals surface area contributed by atoms with Gasteiger partial charge in [-0.1, -0.05) is 0 Å². The molecule has 92 valence electrons. The summed E-state index contributed by atoms with van der Waals surface area (Å²) < 4.78 is 11.5. The zero-order valence-corrected chi connectivity index (χ0v) is 10.6. The van der Waals surface area contributed by atoms with Crippen LogP contribution in [0, 0.1) is 0 Å². The number of hydrogen-bond acceptors (Lipinski definition) is 5. The number of rotatable bonds is 3. The van der Waals surface area contributed by atoms with Crippen molar-refractivity contribution in [1.82, 2.24) is 0 Å². The summed E-state index contributed by atoms with van der Waals surface area (Å²) in [5.41, 5.74) is 6.81. The van der Waals surface area contributed by atoms with Crippen LogP contribution < -0.4 is 15.2 Å². The van der Waals surface area contributed by atoms with Crippen LogP contribution in [-0.2, 0) is 0 Å². The second-order valence-corrected chi connectivity index (χ2v) is 4.48. The Morgan fingerprint density at radius 3 is 2.71 bits per heavy atom. The van der Waals surface area contributed by atoms with Gasteiger partial charge < -0.3 is 20.3 Å². The van der Waals surface area contributed by atoms with Crippen LogP contribution in [0.3, 0.4) is 0 Å². The summed E-state index contributed by atoms with van der Waals surface area (Å²) in [6, 6.07) is 1.11. The second kappa shape index (κ2) is 5.03. The standard InChI is InChI=1S/C11H12BrNO4/c12-8-3-6(9(13)5-15)10-11(7(8)4-14)17-2-1-16-10/h3-4,9,15H,1-2,5,13H2. The van der Waals surface area contributed by atoms with Gasteiger partial charge in [0.25, 0.3) is 0 Å². The molecule has 3 N–H and O–H groups in total. The minimum absolute atomic E-state index is 0.206. The van der Waals surface area contributed by atoms with Crippen LogP contribution in [0.2, 0.25) is 0 Å². The molecule has 1 aromatic carbocycles. The van der Waals surface area contributed by atoms with Crippen LogP contribution in [0.1, 0.15) is 22.0 Å². The first-order valence-electron chi connectivity index (χ1n) is 5.12. The molecule has 1 aliphatic rings. The molecule has 1 aliphatic heterocycles. The van der Waals surface area contributed by atoms with Gasteiger partial charge in [-0.25, -0.2) is 0 Å². The van der Waals surface area contributed by atoms with Crippen LogP contribution in [0.25, 0.3) is 0 Å². The molecule has 1 aromatic rings. The van der Waals surface area contributed by atoms with Crippen LogP contribution in [0.4, 0.5) is 0 Å². The highest BCUT2D eigenvalue weighted by molar-refractivity contribution is 9.10. The molecule has 1 unspecified atom stereocenters. The number of benzene rings is 1. The number of carbonyl (C=O) groups is 1. The molecule has 0 spiro atoms. The lowest BCUT2D eigenvalue weighted by Crippen LogP contribution is -2.22. The first-order chi connectivity index (χ1) is 8.19. The van der Waals surface area contributed by atoms with E-state index in [4.69, 9.17) is 20.3 Å². The SMILES string of the molecule is NC(CO)c1cc(Br)c(C=O)c2c1OCCO2. The van der Waals surface area contributed by atoms with E-state index in [1.807, 2.05) is 0 Å². The van der Waals surface area contributed by atoms with E-state index in [2.05, 4.69) is 15.9 Å². The third kappa shape index (κ3) is 2.15. The van der Waals surface area contributed by atoms with Crippen LogP contribution in [0.15, 0.2) is 10.5 Å². The topological polar surface area (TPSA) is 81.8 Å². The summed E-state index contributed by atoms with van der Waals surface area (Å²) in [5.74, 6) is 0.836. The van der Waals surface area contributed by atoms with Crippen molar-refractivity contribution in [2.45, 2.75) is 6.04 Å². The zero-order valence-electron chi connectivity index (χ0n) is 8.98.